The minimum Gasteiger partial charge on any atom is -0.497 e. The van der Waals surface area contributed by atoms with Crippen LogP contribution < -0.4 is 14.4 Å². The zero-order chi connectivity index (χ0) is 20.8. The Hall–Kier alpha value is -3.54. The number of likely N-dealkylation sites (N-methyl/N-ethyl adjacent to an activating group) is 1. The Morgan fingerprint density at radius 1 is 0.897 bits per heavy atom. The van der Waals surface area contributed by atoms with Crippen molar-refractivity contribution in [3.63, 3.8) is 0 Å². The molecule has 29 heavy (non-hydrogen) atoms. The molecule has 3 rings (SSSR count). The summed E-state index contributed by atoms with van der Waals surface area (Å²) in [5.74, 6) is 0.0127. The van der Waals surface area contributed by atoms with Gasteiger partial charge in [-0.1, -0.05) is 36.4 Å². The van der Waals surface area contributed by atoms with Crippen molar-refractivity contribution in [3.05, 3.63) is 66.2 Å². The summed E-state index contributed by atoms with van der Waals surface area (Å²) in [5.41, 5.74) is 1.04. The molecule has 150 valence electrons. The van der Waals surface area contributed by atoms with Gasteiger partial charge in [-0.25, -0.2) is 4.79 Å². The van der Waals surface area contributed by atoms with E-state index in [2.05, 4.69) is 0 Å². The number of rotatable bonds is 7. The number of methoxy groups -OCH3 is 2. The second kappa shape index (κ2) is 9.10. The summed E-state index contributed by atoms with van der Waals surface area (Å²) >= 11 is 0. The molecule has 0 heterocycles. The molecule has 0 aliphatic carbocycles. The van der Waals surface area contributed by atoms with Crippen LogP contribution in [-0.2, 0) is 9.53 Å². The highest BCUT2D eigenvalue weighted by molar-refractivity contribution is 6.04. The van der Waals surface area contributed by atoms with Gasteiger partial charge in [0, 0.05) is 18.0 Å². The number of fused-ring (bicyclic) bond motifs is 1. The molecule has 0 aliphatic heterocycles. The SMILES string of the molecule is CCN(C(=O)COC(=O)c1cc(OC)cc(OC)c1)c1cccc2ccccc12. The number of anilines is 1. The van der Waals surface area contributed by atoms with Gasteiger partial charge in [0.1, 0.15) is 11.5 Å². The molecule has 0 atom stereocenters. The Bertz CT molecular complexity index is 1000. The topological polar surface area (TPSA) is 65.1 Å². The van der Waals surface area contributed by atoms with Gasteiger partial charge in [-0.2, -0.15) is 0 Å². The summed E-state index contributed by atoms with van der Waals surface area (Å²) in [7, 11) is 2.99. The van der Waals surface area contributed by atoms with Gasteiger partial charge in [-0.05, 0) is 30.5 Å². The zero-order valence-electron chi connectivity index (χ0n) is 16.7. The van der Waals surface area contributed by atoms with E-state index in [1.165, 1.54) is 26.4 Å². The average molecular weight is 393 g/mol. The second-order valence-corrected chi connectivity index (χ2v) is 6.31. The highest BCUT2D eigenvalue weighted by atomic mass is 16.5. The number of benzene rings is 3. The van der Waals surface area contributed by atoms with Crippen LogP contribution in [0.2, 0.25) is 0 Å². The lowest BCUT2D eigenvalue weighted by Gasteiger charge is -2.22. The number of hydrogen-bond donors (Lipinski definition) is 0. The second-order valence-electron chi connectivity index (χ2n) is 6.31. The van der Waals surface area contributed by atoms with Crippen LogP contribution in [0.5, 0.6) is 11.5 Å². The number of esters is 1. The highest BCUT2D eigenvalue weighted by Crippen LogP contribution is 2.27. The predicted molar refractivity (Wildman–Crippen MR) is 112 cm³/mol. The molecule has 0 fully saturated rings. The average Bonchev–Trinajstić information content (AvgIpc) is 2.77. The minimum atomic E-state index is -0.621. The number of carbonyl (C=O) groups excluding carboxylic acids is 2. The Balaban J connectivity index is 1.76. The summed E-state index contributed by atoms with van der Waals surface area (Å²) in [6, 6.07) is 18.4. The monoisotopic (exact) mass is 393 g/mol. The maximum absolute atomic E-state index is 12.8. The van der Waals surface area contributed by atoms with E-state index in [4.69, 9.17) is 14.2 Å². The summed E-state index contributed by atoms with van der Waals surface area (Å²) < 4.78 is 15.6. The molecule has 0 aromatic heterocycles. The highest BCUT2D eigenvalue weighted by Gasteiger charge is 2.19. The van der Waals surface area contributed by atoms with E-state index in [-0.39, 0.29) is 18.1 Å². The first-order valence-corrected chi connectivity index (χ1v) is 9.25. The molecule has 3 aromatic carbocycles. The lowest BCUT2D eigenvalue weighted by Crippen LogP contribution is -2.34. The summed E-state index contributed by atoms with van der Waals surface area (Å²) in [6.07, 6.45) is 0. The Morgan fingerprint density at radius 2 is 1.55 bits per heavy atom. The smallest absolute Gasteiger partial charge is 0.338 e. The van der Waals surface area contributed by atoms with Gasteiger partial charge < -0.3 is 19.1 Å². The fraction of sp³-hybridized carbons (Fsp3) is 0.217. The Kier molecular flexibility index (Phi) is 6.34. The van der Waals surface area contributed by atoms with Gasteiger partial charge in [-0.3, -0.25) is 4.79 Å². The maximum atomic E-state index is 12.8. The van der Waals surface area contributed by atoms with Crippen LogP contribution in [0.25, 0.3) is 10.8 Å². The Morgan fingerprint density at radius 3 is 2.21 bits per heavy atom. The third kappa shape index (κ3) is 4.48. The molecule has 6 nitrogen and oxygen atoms in total. The van der Waals surface area contributed by atoms with Gasteiger partial charge in [0.25, 0.3) is 5.91 Å². The lowest BCUT2D eigenvalue weighted by molar-refractivity contribution is -0.121. The summed E-state index contributed by atoms with van der Waals surface area (Å²) in [5, 5.41) is 2.01. The van der Waals surface area contributed by atoms with Crippen LogP contribution in [0.4, 0.5) is 5.69 Å². The molecule has 3 aromatic rings. The molecule has 6 heteroatoms. The fourth-order valence-corrected chi connectivity index (χ4v) is 3.14. The van der Waals surface area contributed by atoms with Crippen molar-refractivity contribution in [1.82, 2.24) is 0 Å². The molecule has 0 saturated carbocycles. The zero-order valence-corrected chi connectivity index (χ0v) is 16.7. The first-order chi connectivity index (χ1) is 14.1. The van der Waals surface area contributed by atoms with E-state index in [9.17, 15) is 9.59 Å². The van der Waals surface area contributed by atoms with Crippen LogP contribution in [0.3, 0.4) is 0 Å². The molecular formula is C23H23NO5. The van der Waals surface area contributed by atoms with E-state index < -0.39 is 5.97 Å². The number of hydrogen-bond acceptors (Lipinski definition) is 5. The predicted octanol–water partition coefficient (Wildman–Crippen LogP) is 4.07. The molecule has 0 aliphatic rings. The van der Waals surface area contributed by atoms with Crippen molar-refractivity contribution in [3.8, 4) is 11.5 Å². The summed E-state index contributed by atoms with van der Waals surface area (Å²) in [4.78, 5) is 26.9. The van der Waals surface area contributed by atoms with Crippen molar-refractivity contribution in [2.45, 2.75) is 6.92 Å². The van der Waals surface area contributed by atoms with Crippen molar-refractivity contribution in [2.24, 2.45) is 0 Å². The normalized spacial score (nSPS) is 10.4. The fourth-order valence-electron chi connectivity index (χ4n) is 3.14. The molecule has 0 unspecified atom stereocenters. The van der Waals surface area contributed by atoms with E-state index in [0.29, 0.717) is 18.0 Å². The van der Waals surface area contributed by atoms with Crippen LogP contribution in [0.15, 0.2) is 60.7 Å². The van der Waals surface area contributed by atoms with Crippen LogP contribution in [0, 0.1) is 0 Å². The number of carbonyl (C=O) groups is 2. The number of ether oxygens (including phenoxy) is 3. The minimum absolute atomic E-state index is 0.252. The molecule has 0 N–H and O–H groups in total. The molecular weight excluding hydrogens is 370 g/mol. The lowest BCUT2D eigenvalue weighted by atomic mass is 10.1. The third-order valence-corrected chi connectivity index (χ3v) is 4.59. The summed E-state index contributed by atoms with van der Waals surface area (Å²) in [6.45, 7) is 1.97. The molecule has 0 bridgehead atoms. The third-order valence-electron chi connectivity index (χ3n) is 4.59. The van der Waals surface area contributed by atoms with Crippen LogP contribution >= 0.6 is 0 Å². The maximum Gasteiger partial charge on any atom is 0.338 e. The first kappa shape index (κ1) is 20.2. The molecule has 0 spiro atoms. The van der Waals surface area contributed by atoms with Crippen molar-refractivity contribution >= 4 is 28.3 Å². The van der Waals surface area contributed by atoms with Gasteiger partial charge in [0.05, 0.1) is 25.5 Å². The molecule has 1 amide bonds. The van der Waals surface area contributed by atoms with E-state index in [1.807, 2.05) is 49.4 Å². The molecule has 0 radical (unpaired) electrons. The van der Waals surface area contributed by atoms with Crippen molar-refractivity contribution in [1.29, 1.82) is 0 Å². The van der Waals surface area contributed by atoms with Crippen molar-refractivity contribution in [2.75, 3.05) is 32.3 Å². The van der Waals surface area contributed by atoms with Crippen LogP contribution in [-0.4, -0.2) is 39.2 Å². The van der Waals surface area contributed by atoms with E-state index in [0.717, 1.165) is 16.5 Å². The van der Waals surface area contributed by atoms with Gasteiger partial charge in [0.15, 0.2) is 6.61 Å². The van der Waals surface area contributed by atoms with Gasteiger partial charge >= 0.3 is 5.97 Å². The van der Waals surface area contributed by atoms with Gasteiger partial charge in [-0.15, -0.1) is 0 Å². The largest absolute Gasteiger partial charge is 0.497 e. The van der Waals surface area contributed by atoms with Crippen LogP contribution in [0.1, 0.15) is 17.3 Å². The van der Waals surface area contributed by atoms with E-state index >= 15 is 0 Å². The number of amides is 1. The Labute approximate surface area is 169 Å². The van der Waals surface area contributed by atoms with Gasteiger partial charge in [0.2, 0.25) is 0 Å². The standard InChI is InChI=1S/C23H23NO5/c1-4-24(21-11-7-9-16-8-5-6-10-20(16)21)22(25)15-29-23(26)17-12-18(27-2)14-19(13-17)28-3/h5-14H,4,15H2,1-3H3. The van der Waals surface area contributed by atoms with Crippen molar-refractivity contribution < 1.29 is 23.8 Å². The number of nitrogens with zero attached hydrogens (tertiary/aromatic N) is 1. The first-order valence-electron chi connectivity index (χ1n) is 9.25. The molecule has 0 saturated heterocycles. The van der Waals surface area contributed by atoms with E-state index in [1.54, 1.807) is 11.0 Å². The quantitative estimate of drug-likeness (QED) is 0.566.